The summed E-state index contributed by atoms with van der Waals surface area (Å²) in [5.41, 5.74) is 0.424. The van der Waals surface area contributed by atoms with Crippen molar-refractivity contribution in [3.63, 3.8) is 0 Å². The van der Waals surface area contributed by atoms with Gasteiger partial charge in [-0.25, -0.2) is 4.79 Å². The molecule has 0 radical (unpaired) electrons. The molecule has 0 atom stereocenters. The van der Waals surface area contributed by atoms with Crippen molar-refractivity contribution < 1.29 is 29.7 Å². The molecule has 9 nitrogen and oxygen atoms in total. The highest BCUT2D eigenvalue weighted by Gasteiger charge is 2.12. The summed E-state index contributed by atoms with van der Waals surface area (Å²) in [6.45, 7) is 0.0226. The van der Waals surface area contributed by atoms with Gasteiger partial charge in [0.05, 0.1) is 12.1 Å². The van der Waals surface area contributed by atoms with E-state index in [1.165, 1.54) is 42.5 Å². The van der Waals surface area contributed by atoms with E-state index in [0.29, 0.717) is 11.3 Å². The lowest BCUT2D eigenvalue weighted by Gasteiger charge is -2.04. The highest BCUT2D eigenvalue weighted by atomic mass is 16.4. The van der Waals surface area contributed by atoms with Crippen molar-refractivity contribution in [3.8, 4) is 5.75 Å². The van der Waals surface area contributed by atoms with Gasteiger partial charge >= 0.3 is 11.9 Å². The summed E-state index contributed by atoms with van der Waals surface area (Å²) in [7, 11) is 0. The number of benzene rings is 2. The number of aromatic carboxylic acids is 1. The summed E-state index contributed by atoms with van der Waals surface area (Å²) in [4.78, 5) is 33.2. The monoisotopic (exact) mass is 357 g/mol. The van der Waals surface area contributed by atoms with Gasteiger partial charge in [0.15, 0.2) is 5.75 Å². The zero-order valence-corrected chi connectivity index (χ0v) is 13.4. The van der Waals surface area contributed by atoms with Crippen molar-refractivity contribution in [3.05, 3.63) is 53.6 Å². The number of rotatable bonds is 7. The Morgan fingerprint density at radius 3 is 2.27 bits per heavy atom. The molecule has 0 aromatic heterocycles. The lowest BCUT2D eigenvalue weighted by Crippen LogP contribution is -2.25. The van der Waals surface area contributed by atoms with E-state index in [4.69, 9.17) is 10.2 Å². The van der Waals surface area contributed by atoms with Crippen LogP contribution in [0.3, 0.4) is 0 Å². The molecule has 26 heavy (non-hydrogen) atoms. The predicted octanol–water partition coefficient (Wildman–Crippen LogP) is 2.71. The van der Waals surface area contributed by atoms with Gasteiger partial charge in [-0.1, -0.05) is 6.07 Å². The molecule has 0 saturated heterocycles. The van der Waals surface area contributed by atoms with Crippen molar-refractivity contribution in [1.29, 1.82) is 0 Å². The molecule has 0 bridgehead atoms. The number of para-hydroxylation sites is 1. The first-order valence-corrected chi connectivity index (χ1v) is 7.45. The highest BCUT2D eigenvalue weighted by molar-refractivity contribution is 5.94. The number of amides is 1. The average Bonchev–Trinajstić information content (AvgIpc) is 2.60. The largest absolute Gasteiger partial charge is 0.505 e. The lowest BCUT2D eigenvalue weighted by molar-refractivity contribution is -0.136. The van der Waals surface area contributed by atoms with Crippen LogP contribution in [0.4, 0.5) is 11.4 Å². The summed E-state index contributed by atoms with van der Waals surface area (Å²) in [6.07, 6.45) is -0.170. The summed E-state index contributed by atoms with van der Waals surface area (Å²) in [5, 5.41) is 37.5. The van der Waals surface area contributed by atoms with Crippen LogP contribution in [-0.4, -0.2) is 39.7 Å². The van der Waals surface area contributed by atoms with Crippen LogP contribution in [0, 0.1) is 0 Å². The quantitative estimate of drug-likeness (QED) is 0.560. The van der Waals surface area contributed by atoms with E-state index in [-0.39, 0.29) is 24.2 Å². The fraction of sp³-hybridized carbons (Fsp3) is 0.118. The van der Waals surface area contributed by atoms with Crippen LogP contribution in [0.2, 0.25) is 0 Å². The van der Waals surface area contributed by atoms with E-state index in [9.17, 15) is 19.5 Å². The fourth-order valence-electron chi connectivity index (χ4n) is 1.96. The number of aromatic hydroxyl groups is 1. The molecule has 0 heterocycles. The van der Waals surface area contributed by atoms with Gasteiger partial charge in [-0.2, -0.15) is 5.11 Å². The third kappa shape index (κ3) is 4.87. The Bertz CT molecular complexity index is 861. The maximum atomic E-state index is 11.8. The minimum atomic E-state index is -1.28. The molecule has 0 saturated carbocycles. The minimum absolute atomic E-state index is 0.000361. The molecule has 2 aromatic rings. The van der Waals surface area contributed by atoms with Gasteiger partial charge in [0.25, 0.3) is 5.91 Å². The molecule has 0 aliphatic rings. The molecule has 9 heteroatoms. The Balaban J connectivity index is 2.06. The van der Waals surface area contributed by atoms with E-state index in [1.54, 1.807) is 0 Å². The summed E-state index contributed by atoms with van der Waals surface area (Å²) in [5.74, 6) is -3.19. The van der Waals surface area contributed by atoms with Gasteiger partial charge in [-0.15, -0.1) is 5.11 Å². The topological polar surface area (TPSA) is 149 Å². The number of hydrogen-bond acceptors (Lipinski definition) is 6. The SMILES string of the molecule is O=C(O)CCNC(=O)c1ccc(N=Nc2cccc(C(=O)O)c2O)cc1. The molecule has 0 spiro atoms. The molecule has 0 aliphatic carbocycles. The first-order valence-electron chi connectivity index (χ1n) is 7.45. The lowest BCUT2D eigenvalue weighted by atomic mass is 10.2. The maximum Gasteiger partial charge on any atom is 0.339 e. The number of azo groups is 1. The van der Waals surface area contributed by atoms with Crippen LogP contribution in [0.5, 0.6) is 5.75 Å². The number of carbonyl (C=O) groups excluding carboxylic acids is 1. The van der Waals surface area contributed by atoms with Gasteiger partial charge in [-0.3, -0.25) is 9.59 Å². The number of carboxylic acids is 2. The zero-order chi connectivity index (χ0) is 19.1. The van der Waals surface area contributed by atoms with Crippen LogP contribution >= 0.6 is 0 Å². The Hall–Kier alpha value is -3.75. The van der Waals surface area contributed by atoms with Crippen molar-refractivity contribution in [2.24, 2.45) is 10.2 Å². The summed E-state index contributed by atoms with van der Waals surface area (Å²) < 4.78 is 0. The van der Waals surface area contributed by atoms with E-state index in [1.807, 2.05) is 0 Å². The number of nitrogens with zero attached hydrogens (tertiary/aromatic N) is 2. The normalized spacial score (nSPS) is 10.6. The maximum absolute atomic E-state index is 11.8. The highest BCUT2D eigenvalue weighted by Crippen LogP contribution is 2.31. The molecular weight excluding hydrogens is 342 g/mol. The number of aliphatic carboxylic acids is 1. The van der Waals surface area contributed by atoms with Crippen molar-refractivity contribution in [2.75, 3.05) is 6.54 Å². The molecule has 0 aliphatic heterocycles. The number of phenols is 1. The van der Waals surface area contributed by atoms with Crippen molar-refractivity contribution >= 4 is 29.2 Å². The van der Waals surface area contributed by atoms with Crippen LogP contribution < -0.4 is 5.32 Å². The Morgan fingerprint density at radius 1 is 0.962 bits per heavy atom. The summed E-state index contributed by atoms with van der Waals surface area (Å²) >= 11 is 0. The third-order valence-corrected chi connectivity index (χ3v) is 3.27. The molecule has 0 unspecified atom stereocenters. The standard InChI is InChI=1S/C17H15N3O6/c21-14(22)8-9-18-16(24)10-4-6-11(7-5-10)19-20-13-3-1-2-12(15(13)23)17(25)26/h1-7,23H,8-9H2,(H,18,24)(H,21,22)(H,25,26). The smallest absolute Gasteiger partial charge is 0.339 e. The number of hydrogen-bond donors (Lipinski definition) is 4. The third-order valence-electron chi connectivity index (χ3n) is 3.27. The van der Waals surface area contributed by atoms with Crippen LogP contribution in [0.25, 0.3) is 0 Å². The fourth-order valence-corrected chi connectivity index (χ4v) is 1.96. The number of carbonyl (C=O) groups is 3. The van der Waals surface area contributed by atoms with E-state index >= 15 is 0 Å². The van der Waals surface area contributed by atoms with Gasteiger partial charge in [0.2, 0.25) is 0 Å². The van der Waals surface area contributed by atoms with E-state index in [0.717, 1.165) is 0 Å². The van der Waals surface area contributed by atoms with Crippen LogP contribution in [0.1, 0.15) is 27.1 Å². The Kier molecular flexibility index (Phi) is 5.99. The number of nitrogens with one attached hydrogen (secondary N) is 1. The zero-order valence-electron chi connectivity index (χ0n) is 13.4. The van der Waals surface area contributed by atoms with E-state index < -0.39 is 23.6 Å². The van der Waals surface area contributed by atoms with Crippen LogP contribution in [-0.2, 0) is 4.79 Å². The molecule has 134 valence electrons. The van der Waals surface area contributed by atoms with E-state index in [2.05, 4.69) is 15.5 Å². The summed E-state index contributed by atoms with van der Waals surface area (Å²) in [6, 6.07) is 10.1. The van der Waals surface area contributed by atoms with Gasteiger partial charge in [0.1, 0.15) is 11.3 Å². The van der Waals surface area contributed by atoms with Crippen molar-refractivity contribution in [1.82, 2.24) is 5.32 Å². The second-order valence-electron chi connectivity index (χ2n) is 5.12. The van der Waals surface area contributed by atoms with Crippen LogP contribution in [0.15, 0.2) is 52.7 Å². The molecule has 0 fully saturated rings. The molecular formula is C17H15N3O6. The second-order valence-corrected chi connectivity index (χ2v) is 5.12. The molecule has 2 aromatic carbocycles. The molecule has 1 amide bonds. The van der Waals surface area contributed by atoms with Gasteiger partial charge in [0, 0.05) is 12.1 Å². The minimum Gasteiger partial charge on any atom is -0.505 e. The first-order chi connectivity index (χ1) is 12.4. The van der Waals surface area contributed by atoms with Gasteiger partial charge in [-0.05, 0) is 36.4 Å². The predicted molar refractivity (Wildman–Crippen MR) is 90.3 cm³/mol. The second kappa shape index (κ2) is 8.38. The van der Waals surface area contributed by atoms with Gasteiger partial charge < -0.3 is 20.6 Å². The Labute approximate surface area is 147 Å². The average molecular weight is 357 g/mol. The number of carboxylic acid groups (broad SMARTS) is 2. The Morgan fingerprint density at radius 2 is 1.65 bits per heavy atom. The first kappa shape index (κ1) is 18.6. The van der Waals surface area contributed by atoms with Crippen molar-refractivity contribution in [2.45, 2.75) is 6.42 Å². The molecule has 4 N–H and O–H groups in total. The molecule has 2 rings (SSSR count).